The lowest BCUT2D eigenvalue weighted by Gasteiger charge is -2.09. The van der Waals surface area contributed by atoms with Crippen LogP contribution in [0.3, 0.4) is 0 Å². The van der Waals surface area contributed by atoms with Crippen LogP contribution >= 0.6 is 11.3 Å². The molecule has 0 fully saturated rings. The fraction of sp³-hybridized carbons (Fsp3) is 0.375. The zero-order valence-corrected chi connectivity index (χ0v) is 15.4. The van der Waals surface area contributed by atoms with Gasteiger partial charge in [0.1, 0.15) is 26.3 Å². The quantitative estimate of drug-likeness (QED) is 0.811. The lowest BCUT2D eigenvalue weighted by Crippen LogP contribution is -2.28. The summed E-state index contributed by atoms with van der Waals surface area (Å²) in [6.07, 6.45) is 1.24. The van der Waals surface area contributed by atoms with Crippen molar-refractivity contribution >= 4 is 27.1 Å². The Morgan fingerprint density at radius 3 is 2.54 bits per heavy atom. The molecule has 0 radical (unpaired) electrons. The second-order valence-corrected chi connectivity index (χ2v) is 8.73. The number of amides is 1. The number of aromatic nitrogens is 1. The van der Waals surface area contributed by atoms with Crippen LogP contribution in [0.15, 0.2) is 29.6 Å². The van der Waals surface area contributed by atoms with E-state index in [1.165, 1.54) is 11.3 Å². The van der Waals surface area contributed by atoms with Crippen LogP contribution in [-0.4, -0.2) is 44.0 Å². The number of hydrogen-bond acceptors (Lipinski definition) is 6. The highest BCUT2D eigenvalue weighted by molar-refractivity contribution is 7.90. The number of ether oxygens (including phenoxy) is 1. The molecule has 1 heterocycles. The van der Waals surface area contributed by atoms with Crippen LogP contribution in [0.5, 0.6) is 5.75 Å². The van der Waals surface area contributed by atoms with Gasteiger partial charge in [-0.2, -0.15) is 0 Å². The van der Waals surface area contributed by atoms with Gasteiger partial charge in [0, 0.05) is 23.7 Å². The van der Waals surface area contributed by atoms with E-state index in [1.807, 2.05) is 38.1 Å². The van der Waals surface area contributed by atoms with Gasteiger partial charge in [-0.3, -0.25) is 4.79 Å². The van der Waals surface area contributed by atoms with Crippen molar-refractivity contribution < 1.29 is 17.9 Å². The molecule has 0 spiro atoms. The van der Waals surface area contributed by atoms with E-state index in [1.54, 1.807) is 5.38 Å². The first-order valence-corrected chi connectivity index (χ1v) is 10.4. The molecule has 1 aromatic heterocycles. The van der Waals surface area contributed by atoms with Crippen molar-refractivity contribution in [2.75, 3.05) is 18.6 Å². The topological polar surface area (TPSA) is 85.4 Å². The van der Waals surface area contributed by atoms with Gasteiger partial charge in [-0.05, 0) is 38.1 Å². The number of hydrogen-bond donors (Lipinski definition) is 1. The summed E-state index contributed by atoms with van der Waals surface area (Å²) in [6, 6.07) is 7.51. The van der Waals surface area contributed by atoms with E-state index in [2.05, 4.69) is 10.3 Å². The molecule has 1 aromatic carbocycles. The maximum Gasteiger partial charge on any atom is 0.270 e. The van der Waals surface area contributed by atoms with E-state index < -0.39 is 9.84 Å². The maximum atomic E-state index is 12.0. The van der Waals surface area contributed by atoms with Crippen molar-refractivity contribution in [1.82, 2.24) is 10.3 Å². The van der Waals surface area contributed by atoms with Gasteiger partial charge in [-0.15, -0.1) is 11.3 Å². The zero-order valence-electron chi connectivity index (χ0n) is 13.8. The van der Waals surface area contributed by atoms with Crippen molar-refractivity contribution in [1.29, 1.82) is 0 Å². The Morgan fingerprint density at radius 2 is 1.96 bits per heavy atom. The first-order chi connectivity index (χ1) is 11.2. The summed E-state index contributed by atoms with van der Waals surface area (Å²) >= 11 is 1.36. The Hall–Kier alpha value is -1.93. The van der Waals surface area contributed by atoms with Gasteiger partial charge in [0.15, 0.2) is 0 Å². The predicted octanol–water partition coefficient (Wildman–Crippen LogP) is 2.37. The molecular weight excluding hydrogens is 348 g/mol. The van der Waals surface area contributed by atoms with Gasteiger partial charge < -0.3 is 10.1 Å². The normalized spacial score (nSPS) is 11.5. The van der Waals surface area contributed by atoms with Gasteiger partial charge >= 0.3 is 0 Å². The summed E-state index contributed by atoms with van der Waals surface area (Å²) in [4.78, 5) is 16.3. The summed E-state index contributed by atoms with van der Waals surface area (Å²) in [5.41, 5.74) is 1.18. The molecule has 0 saturated heterocycles. The van der Waals surface area contributed by atoms with Crippen molar-refractivity contribution in [3.8, 4) is 16.3 Å². The Kier molecular flexibility index (Phi) is 5.95. The molecule has 1 amide bonds. The van der Waals surface area contributed by atoms with Gasteiger partial charge in [-0.25, -0.2) is 13.4 Å². The molecule has 2 aromatic rings. The molecular formula is C16H20N2O4S2. The first-order valence-electron chi connectivity index (χ1n) is 7.43. The second-order valence-electron chi connectivity index (χ2n) is 5.61. The molecule has 0 atom stereocenters. The van der Waals surface area contributed by atoms with Crippen molar-refractivity contribution in [3.05, 3.63) is 35.3 Å². The predicted molar refractivity (Wildman–Crippen MR) is 95.4 cm³/mol. The zero-order chi connectivity index (χ0) is 17.7. The molecule has 24 heavy (non-hydrogen) atoms. The molecule has 6 nitrogen and oxygen atoms in total. The number of thiazole rings is 1. The summed E-state index contributed by atoms with van der Waals surface area (Å²) in [5, 5.41) is 4.94. The average Bonchev–Trinajstić information content (AvgIpc) is 2.96. The lowest BCUT2D eigenvalue weighted by atomic mass is 10.2. The van der Waals surface area contributed by atoms with Gasteiger partial charge in [0.2, 0.25) is 0 Å². The fourth-order valence-corrected chi connectivity index (χ4v) is 3.18. The molecule has 8 heteroatoms. The van der Waals surface area contributed by atoms with E-state index in [9.17, 15) is 13.2 Å². The van der Waals surface area contributed by atoms with Crippen molar-refractivity contribution in [3.63, 3.8) is 0 Å². The highest BCUT2D eigenvalue weighted by Gasteiger charge is 2.12. The fourth-order valence-electron chi connectivity index (χ4n) is 1.90. The molecule has 130 valence electrons. The molecule has 0 aliphatic carbocycles. The van der Waals surface area contributed by atoms with Crippen LogP contribution in [0.4, 0.5) is 0 Å². The summed E-state index contributed by atoms with van der Waals surface area (Å²) < 4.78 is 27.7. The monoisotopic (exact) mass is 368 g/mol. The number of sulfone groups is 1. The van der Waals surface area contributed by atoms with E-state index in [0.29, 0.717) is 0 Å². The first kappa shape index (κ1) is 18.4. The highest BCUT2D eigenvalue weighted by atomic mass is 32.2. The van der Waals surface area contributed by atoms with Crippen molar-refractivity contribution in [2.45, 2.75) is 20.0 Å². The number of benzene rings is 1. The number of nitrogens with one attached hydrogen (secondary N) is 1. The van der Waals surface area contributed by atoms with E-state index in [-0.39, 0.29) is 30.0 Å². The van der Waals surface area contributed by atoms with Crippen molar-refractivity contribution in [2.24, 2.45) is 0 Å². The third-order valence-corrected chi connectivity index (χ3v) is 4.81. The number of carbonyl (C=O) groups excluding carboxylic acids is 1. The molecule has 0 unspecified atom stereocenters. The third kappa shape index (κ3) is 5.61. The number of carbonyl (C=O) groups is 1. The summed E-state index contributed by atoms with van der Waals surface area (Å²) in [7, 11) is -3.10. The molecule has 0 aliphatic rings. The lowest BCUT2D eigenvalue weighted by molar-refractivity contribution is 0.0952. The molecule has 0 bridgehead atoms. The molecule has 2 rings (SSSR count). The summed E-state index contributed by atoms with van der Waals surface area (Å²) in [6.45, 7) is 4.00. The second kappa shape index (κ2) is 7.76. The minimum Gasteiger partial charge on any atom is -0.491 e. The van der Waals surface area contributed by atoms with E-state index >= 15 is 0 Å². The minimum absolute atomic E-state index is 0.0752. The van der Waals surface area contributed by atoms with E-state index in [0.717, 1.165) is 22.6 Å². The molecule has 1 N–H and O–H groups in total. The SMILES string of the molecule is CC(C)Oc1ccc(-c2nc(C(=O)NCCS(C)(=O)=O)cs2)cc1. The van der Waals surface area contributed by atoms with Gasteiger partial charge in [0.25, 0.3) is 5.91 Å². The van der Waals surface area contributed by atoms with Crippen LogP contribution in [0, 0.1) is 0 Å². The summed E-state index contributed by atoms with van der Waals surface area (Å²) in [5.74, 6) is 0.317. The Balaban J connectivity index is 2.00. The van der Waals surface area contributed by atoms with Crippen LogP contribution in [-0.2, 0) is 9.84 Å². The number of nitrogens with zero attached hydrogens (tertiary/aromatic N) is 1. The largest absolute Gasteiger partial charge is 0.491 e. The average molecular weight is 368 g/mol. The Morgan fingerprint density at radius 1 is 1.29 bits per heavy atom. The highest BCUT2D eigenvalue weighted by Crippen LogP contribution is 2.26. The third-order valence-electron chi connectivity index (χ3n) is 2.97. The van der Waals surface area contributed by atoms with Crippen LogP contribution in [0.2, 0.25) is 0 Å². The minimum atomic E-state index is -3.10. The van der Waals surface area contributed by atoms with Gasteiger partial charge in [-0.1, -0.05) is 0 Å². The Bertz CT molecular complexity index is 796. The standard InChI is InChI=1S/C16H20N2O4S2/c1-11(2)22-13-6-4-12(5-7-13)16-18-14(10-23-16)15(19)17-8-9-24(3,20)21/h4-7,10-11H,8-9H2,1-3H3,(H,17,19). The molecule has 0 saturated carbocycles. The van der Waals surface area contributed by atoms with E-state index in [4.69, 9.17) is 4.74 Å². The van der Waals surface area contributed by atoms with Gasteiger partial charge in [0.05, 0.1) is 11.9 Å². The Labute approximate surface area is 145 Å². The molecule has 0 aliphatic heterocycles. The smallest absolute Gasteiger partial charge is 0.270 e. The number of rotatable bonds is 7. The maximum absolute atomic E-state index is 12.0. The van der Waals surface area contributed by atoms with Crippen LogP contribution in [0.1, 0.15) is 24.3 Å². The van der Waals surface area contributed by atoms with Crippen LogP contribution in [0.25, 0.3) is 10.6 Å². The van der Waals surface area contributed by atoms with Crippen LogP contribution < -0.4 is 10.1 Å².